The molecule has 2 rings (SSSR count). The Labute approximate surface area is 134 Å². The van der Waals surface area contributed by atoms with Crippen LogP contribution >= 0.6 is 0 Å². The van der Waals surface area contributed by atoms with Crippen LogP contribution in [0.25, 0.3) is 0 Å². The molecule has 0 aromatic heterocycles. The molecule has 0 saturated heterocycles. The molecule has 0 spiro atoms. The lowest BCUT2D eigenvalue weighted by atomic mass is 10.1. The molecule has 0 saturated carbocycles. The number of methoxy groups -OCH3 is 1. The quantitative estimate of drug-likeness (QED) is 0.733. The fourth-order valence-electron chi connectivity index (χ4n) is 1.96. The lowest BCUT2D eigenvalue weighted by Gasteiger charge is -2.07. The van der Waals surface area contributed by atoms with E-state index in [9.17, 15) is 14.7 Å². The molecule has 2 aromatic carbocycles. The summed E-state index contributed by atoms with van der Waals surface area (Å²) in [6, 6.07) is 13.5. The van der Waals surface area contributed by atoms with Gasteiger partial charge in [-0.15, -0.1) is 0 Å². The minimum Gasteiger partial charge on any atom is -0.508 e. The van der Waals surface area contributed by atoms with Crippen molar-refractivity contribution in [3.63, 3.8) is 0 Å². The predicted molar refractivity (Wildman–Crippen MR) is 86.4 cm³/mol. The summed E-state index contributed by atoms with van der Waals surface area (Å²) in [5.74, 6) is -0.710. The first-order chi connectivity index (χ1) is 11.1. The van der Waals surface area contributed by atoms with Crippen molar-refractivity contribution in [2.45, 2.75) is 6.42 Å². The molecule has 0 bridgehead atoms. The Hall–Kier alpha value is -3.02. The van der Waals surface area contributed by atoms with Crippen LogP contribution in [0.4, 0.5) is 5.69 Å². The van der Waals surface area contributed by atoms with Gasteiger partial charge in [-0.05, 0) is 36.2 Å². The molecule has 23 heavy (non-hydrogen) atoms. The van der Waals surface area contributed by atoms with E-state index in [-0.39, 0.29) is 5.75 Å². The monoisotopic (exact) mass is 314 g/mol. The number of rotatable bonds is 5. The van der Waals surface area contributed by atoms with Gasteiger partial charge < -0.3 is 20.5 Å². The summed E-state index contributed by atoms with van der Waals surface area (Å²) in [5.41, 5.74) is 1.39. The van der Waals surface area contributed by atoms with E-state index in [2.05, 4.69) is 10.6 Å². The number of amides is 2. The topological polar surface area (TPSA) is 87.7 Å². The highest BCUT2D eigenvalue weighted by atomic mass is 16.5. The Morgan fingerprint density at radius 3 is 2.48 bits per heavy atom. The summed E-state index contributed by atoms with van der Waals surface area (Å²) >= 11 is 0. The molecule has 120 valence electrons. The zero-order valence-electron chi connectivity index (χ0n) is 12.7. The first kappa shape index (κ1) is 16.4. The van der Waals surface area contributed by atoms with Crippen LogP contribution in [-0.4, -0.2) is 30.6 Å². The molecule has 2 amide bonds. The van der Waals surface area contributed by atoms with Gasteiger partial charge in [-0.1, -0.05) is 18.2 Å². The molecule has 3 N–H and O–H groups in total. The first-order valence-corrected chi connectivity index (χ1v) is 7.09. The van der Waals surface area contributed by atoms with E-state index in [1.807, 2.05) is 24.3 Å². The first-order valence-electron chi connectivity index (χ1n) is 7.09. The predicted octanol–water partition coefficient (Wildman–Crippen LogP) is 1.70. The van der Waals surface area contributed by atoms with Crippen molar-refractivity contribution >= 4 is 17.5 Å². The molecule has 0 fully saturated rings. The molecule has 0 aliphatic carbocycles. The van der Waals surface area contributed by atoms with Crippen LogP contribution in [0.1, 0.15) is 5.56 Å². The van der Waals surface area contributed by atoms with E-state index in [0.717, 1.165) is 11.3 Å². The molecular weight excluding hydrogens is 296 g/mol. The molecule has 0 aliphatic heterocycles. The van der Waals surface area contributed by atoms with Crippen molar-refractivity contribution < 1.29 is 19.4 Å². The van der Waals surface area contributed by atoms with Gasteiger partial charge >= 0.3 is 11.8 Å². The molecular formula is C17H18N2O4. The molecule has 0 unspecified atom stereocenters. The van der Waals surface area contributed by atoms with Gasteiger partial charge in [-0.2, -0.15) is 0 Å². The zero-order chi connectivity index (χ0) is 16.7. The van der Waals surface area contributed by atoms with Gasteiger partial charge in [0, 0.05) is 18.3 Å². The van der Waals surface area contributed by atoms with Gasteiger partial charge in [0.05, 0.1) is 7.11 Å². The summed E-state index contributed by atoms with van der Waals surface area (Å²) in [7, 11) is 1.60. The lowest BCUT2D eigenvalue weighted by Crippen LogP contribution is -2.36. The van der Waals surface area contributed by atoms with Crippen molar-refractivity contribution in [1.29, 1.82) is 0 Å². The smallest absolute Gasteiger partial charge is 0.313 e. The van der Waals surface area contributed by atoms with Crippen molar-refractivity contribution in [2.24, 2.45) is 0 Å². The Kier molecular flexibility index (Phi) is 5.57. The van der Waals surface area contributed by atoms with Crippen molar-refractivity contribution in [2.75, 3.05) is 19.0 Å². The van der Waals surface area contributed by atoms with Gasteiger partial charge in [0.15, 0.2) is 0 Å². The number of ether oxygens (including phenoxy) is 1. The Morgan fingerprint density at radius 2 is 1.83 bits per heavy atom. The standard InChI is InChI=1S/C17H18N2O4/c1-23-15-7-5-12(6-8-15)9-10-18-16(21)17(22)19-13-3-2-4-14(20)11-13/h2-8,11,20H,9-10H2,1H3,(H,18,21)(H,19,22). The van der Waals surface area contributed by atoms with Crippen LogP contribution in [0, 0.1) is 0 Å². The molecule has 0 radical (unpaired) electrons. The van der Waals surface area contributed by atoms with Crippen molar-refractivity contribution in [3.05, 3.63) is 54.1 Å². The van der Waals surface area contributed by atoms with E-state index >= 15 is 0 Å². The lowest BCUT2D eigenvalue weighted by molar-refractivity contribution is -0.136. The minimum absolute atomic E-state index is 0.0164. The molecule has 0 aliphatic rings. The maximum atomic E-state index is 11.7. The SMILES string of the molecule is COc1ccc(CCNC(=O)C(=O)Nc2cccc(O)c2)cc1. The summed E-state index contributed by atoms with van der Waals surface area (Å²) in [6.07, 6.45) is 0.606. The van der Waals surface area contributed by atoms with E-state index in [1.54, 1.807) is 19.2 Å². The zero-order valence-corrected chi connectivity index (χ0v) is 12.7. The molecule has 6 heteroatoms. The van der Waals surface area contributed by atoms with Gasteiger partial charge in [-0.3, -0.25) is 9.59 Å². The summed E-state index contributed by atoms with van der Waals surface area (Å²) in [6.45, 7) is 0.346. The van der Waals surface area contributed by atoms with Crippen molar-refractivity contribution in [3.8, 4) is 11.5 Å². The molecule has 0 heterocycles. The number of anilines is 1. The van der Waals surface area contributed by atoms with Crippen molar-refractivity contribution in [1.82, 2.24) is 5.32 Å². The fourth-order valence-corrected chi connectivity index (χ4v) is 1.96. The average molecular weight is 314 g/mol. The second-order valence-corrected chi connectivity index (χ2v) is 4.86. The van der Waals surface area contributed by atoms with Gasteiger partial charge in [0.2, 0.25) is 0 Å². The normalized spacial score (nSPS) is 9.96. The third kappa shape index (κ3) is 5.03. The fraction of sp³-hybridized carbons (Fsp3) is 0.176. The van der Waals surface area contributed by atoms with Crippen LogP contribution in [-0.2, 0) is 16.0 Å². The van der Waals surface area contributed by atoms with E-state index in [0.29, 0.717) is 18.7 Å². The van der Waals surface area contributed by atoms with Crippen LogP contribution in [0.5, 0.6) is 11.5 Å². The van der Waals surface area contributed by atoms with Crippen LogP contribution in [0.15, 0.2) is 48.5 Å². The number of carbonyl (C=O) groups excluding carboxylic acids is 2. The second kappa shape index (κ2) is 7.84. The second-order valence-electron chi connectivity index (χ2n) is 4.86. The minimum atomic E-state index is -0.773. The number of hydrogen-bond acceptors (Lipinski definition) is 4. The number of nitrogens with one attached hydrogen (secondary N) is 2. The summed E-state index contributed by atoms with van der Waals surface area (Å²) in [5, 5.41) is 14.3. The van der Waals surface area contributed by atoms with Crippen LogP contribution < -0.4 is 15.4 Å². The van der Waals surface area contributed by atoms with Gasteiger partial charge in [0.1, 0.15) is 11.5 Å². The third-order valence-electron chi connectivity index (χ3n) is 3.17. The van der Waals surface area contributed by atoms with E-state index in [4.69, 9.17) is 4.74 Å². The summed E-state index contributed by atoms with van der Waals surface area (Å²) in [4.78, 5) is 23.4. The number of hydrogen-bond donors (Lipinski definition) is 3. The number of phenolic OH excluding ortho intramolecular Hbond substituents is 1. The number of benzene rings is 2. The highest BCUT2D eigenvalue weighted by Crippen LogP contribution is 2.15. The average Bonchev–Trinajstić information content (AvgIpc) is 2.55. The highest BCUT2D eigenvalue weighted by Gasteiger charge is 2.13. The van der Waals surface area contributed by atoms with Crippen LogP contribution in [0.3, 0.4) is 0 Å². The molecule has 0 atom stereocenters. The summed E-state index contributed by atoms with van der Waals surface area (Å²) < 4.78 is 5.07. The molecule has 6 nitrogen and oxygen atoms in total. The number of carbonyl (C=O) groups is 2. The third-order valence-corrected chi connectivity index (χ3v) is 3.17. The van der Waals surface area contributed by atoms with Gasteiger partial charge in [0.25, 0.3) is 0 Å². The van der Waals surface area contributed by atoms with E-state index < -0.39 is 11.8 Å². The Morgan fingerprint density at radius 1 is 1.09 bits per heavy atom. The Balaban J connectivity index is 1.78. The maximum absolute atomic E-state index is 11.7. The number of aromatic hydroxyl groups is 1. The van der Waals surface area contributed by atoms with E-state index in [1.165, 1.54) is 12.1 Å². The highest BCUT2D eigenvalue weighted by molar-refractivity contribution is 6.39. The maximum Gasteiger partial charge on any atom is 0.313 e. The number of phenols is 1. The van der Waals surface area contributed by atoms with Crippen LogP contribution in [0.2, 0.25) is 0 Å². The molecule has 2 aromatic rings. The largest absolute Gasteiger partial charge is 0.508 e. The van der Waals surface area contributed by atoms with Gasteiger partial charge in [-0.25, -0.2) is 0 Å². The Bertz CT molecular complexity index is 683.